The first-order chi connectivity index (χ1) is 13.0. The molecule has 2 aromatic rings. The van der Waals surface area contributed by atoms with E-state index < -0.39 is 12.7 Å². The molecule has 27 heavy (non-hydrogen) atoms. The maximum Gasteiger partial charge on any atom is 0.414 e. The van der Waals surface area contributed by atoms with Crippen LogP contribution in [0.2, 0.25) is 0 Å². The van der Waals surface area contributed by atoms with Gasteiger partial charge in [-0.15, -0.1) is 0 Å². The van der Waals surface area contributed by atoms with Gasteiger partial charge in [0.15, 0.2) is 0 Å². The van der Waals surface area contributed by atoms with E-state index in [4.69, 9.17) is 9.47 Å². The number of halogens is 2. The topological polar surface area (TPSA) is 60.0 Å². The Labute approximate surface area is 155 Å². The molecule has 0 unspecified atom stereocenters. The number of ether oxygens (including phenoxy) is 3. The summed E-state index contributed by atoms with van der Waals surface area (Å²) in [6.45, 7) is 0.0143. The van der Waals surface area contributed by atoms with Gasteiger partial charge in [-0.05, 0) is 31.2 Å². The highest BCUT2D eigenvalue weighted by molar-refractivity contribution is 5.92. The number of alkyl halides is 2. The Hall–Kier alpha value is -3.03. The molecule has 0 atom stereocenters. The first kappa shape index (κ1) is 18.8. The number of methoxy groups -OCH3 is 1. The molecular formula is C19H20F2N2O4. The molecule has 1 aliphatic rings. The van der Waals surface area contributed by atoms with E-state index in [1.807, 2.05) is 6.92 Å². The van der Waals surface area contributed by atoms with Crippen LogP contribution in [0.5, 0.6) is 11.5 Å². The largest absolute Gasteiger partial charge is 0.495 e. The average molecular weight is 378 g/mol. The second-order valence-corrected chi connectivity index (χ2v) is 6.00. The van der Waals surface area contributed by atoms with E-state index >= 15 is 0 Å². The lowest BCUT2D eigenvalue weighted by molar-refractivity contribution is -0.0504. The van der Waals surface area contributed by atoms with E-state index in [9.17, 15) is 13.6 Å². The third-order valence-electron chi connectivity index (χ3n) is 4.15. The van der Waals surface area contributed by atoms with Crippen molar-refractivity contribution in [3.05, 3.63) is 47.5 Å². The number of rotatable bonds is 7. The van der Waals surface area contributed by atoms with E-state index in [1.165, 1.54) is 18.1 Å². The maximum absolute atomic E-state index is 12.6. The number of hydrogen-bond donors (Lipinski definition) is 1. The van der Waals surface area contributed by atoms with Crippen LogP contribution in [-0.4, -0.2) is 33.0 Å². The van der Waals surface area contributed by atoms with Gasteiger partial charge in [-0.25, -0.2) is 4.79 Å². The van der Waals surface area contributed by atoms with Gasteiger partial charge in [0, 0.05) is 17.8 Å². The zero-order valence-electron chi connectivity index (χ0n) is 15.0. The Kier molecular flexibility index (Phi) is 5.63. The summed E-state index contributed by atoms with van der Waals surface area (Å²) in [5, 5.41) is 3.17. The third-order valence-corrected chi connectivity index (χ3v) is 4.15. The molecule has 1 amide bonds. The average Bonchev–Trinajstić information content (AvgIpc) is 3.07. The van der Waals surface area contributed by atoms with Crippen LogP contribution in [0.1, 0.15) is 11.1 Å². The summed E-state index contributed by atoms with van der Waals surface area (Å²) in [4.78, 5) is 13.3. The van der Waals surface area contributed by atoms with Gasteiger partial charge in [-0.2, -0.15) is 8.78 Å². The van der Waals surface area contributed by atoms with Crippen molar-refractivity contribution >= 4 is 17.5 Å². The summed E-state index contributed by atoms with van der Waals surface area (Å²) in [5.74, 6) is 0.664. The Morgan fingerprint density at radius 3 is 2.67 bits per heavy atom. The summed E-state index contributed by atoms with van der Waals surface area (Å²) in [6.07, 6.45) is -0.434. The first-order valence-electron chi connectivity index (χ1n) is 8.38. The van der Waals surface area contributed by atoms with Crippen LogP contribution in [0.15, 0.2) is 36.4 Å². The summed E-state index contributed by atoms with van der Waals surface area (Å²) in [7, 11) is 1.52. The molecule has 1 heterocycles. The van der Waals surface area contributed by atoms with Crippen molar-refractivity contribution in [1.29, 1.82) is 0 Å². The minimum atomic E-state index is -2.89. The van der Waals surface area contributed by atoms with Gasteiger partial charge in [0.25, 0.3) is 0 Å². The molecule has 3 rings (SSSR count). The molecule has 0 spiro atoms. The van der Waals surface area contributed by atoms with Crippen LogP contribution in [-0.2, 0) is 11.3 Å². The second kappa shape index (κ2) is 8.11. The van der Waals surface area contributed by atoms with Crippen LogP contribution in [0.25, 0.3) is 0 Å². The molecule has 0 aliphatic carbocycles. The predicted molar refractivity (Wildman–Crippen MR) is 96.8 cm³/mol. The lowest BCUT2D eigenvalue weighted by Crippen LogP contribution is -2.24. The Morgan fingerprint density at radius 1 is 1.22 bits per heavy atom. The standard InChI is InChI=1S/C19H20F2N2O4/c1-12-3-5-16(27-18(20)21)13(9-12)11-22-14-4-6-17(25-2)15(10-14)23-7-8-26-19(23)24/h3-6,9-10,18,22H,7-8,11H2,1-2H3. The molecule has 0 aromatic heterocycles. The molecule has 2 aromatic carbocycles. The summed E-state index contributed by atoms with van der Waals surface area (Å²) in [6, 6.07) is 10.3. The number of benzene rings is 2. The van der Waals surface area contributed by atoms with Crippen LogP contribution in [0, 0.1) is 6.92 Å². The van der Waals surface area contributed by atoms with Crippen molar-refractivity contribution in [1.82, 2.24) is 0 Å². The van der Waals surface area contributed by atoms with E-state index in [1.54, 1.807) is 30.3 Å². The van der Waals surface area contributed by atoms with Gasteiger partial charge < -0.3 is 19.5 Å². The maximum atomic E-state index is 12.6. The number of cyclic esters (lactones) is 1. The van der Waals surface area contributed by atoms with E-state index in [-0.39, 0.29) is 12.3 Å². The van der Waals surface area contributed by atoms with Crippen molar-refractivity contribution in [2.45, 2.75) is 20.1 Å². The SMILES string of the molecule is COc1ccc(NCc2cc(C)ccc2OC(F)F)cc1N1CCOC1=O. The number of aryl methyl sites for hydroxylation is 1. The molecule has 0 radical (unpaired) electrons. The molecule has 1 N–H and O–H groups in total. The van der Waals surface area contributed by atoms with E-state index in [0.717, 1.165) is 5.56 Å². The van der Waals surface area contributed by atoms with Gasteiger partial charge in [-0.1, -0.05) is 17.7 Å². The fourth-order valence-corrected chi connectivity index (χ4v) is 2.88. The lowest BCUT2D eigenvalue weighted by Gasteiger charge is -2.18. The summed E-state index contributed by atoms with van der Waals surface area (Å²) >= 11 is 0. The molecule has 1 aliphatic heterocycles. The van der Waals surface area contributed by atoms with Crippen molar-refractivity contribution in [3.8, 4) is 11.5 Å². The van der Waals surface area contributed by atoms with Crippen LogP contribution < -0.4 is 19.7 Å². The molecule has 1 fully saturated rings. The Bertz CT molecular complexity index is 829. The Balaban J connectivity index is 1.81. The number of anilines is 2. The fraction of sp³-hybridized carbons (Fsp3) is 0.316. The molecule has 0 saturated carbocycles. The zero-order valence-corrected chi connectivity index (χ0v) is 15.0. The van der Waals surface area contributed by atoms with Gasteiger partial charge in [0.1, 0.15) is 18.1 Å². The lowest BCUT2D eigenvalue weighted by atomic mass is 10.1. The highest BCUT2D eigenvalue weighted by Crippen LogP contribution is 2.33. The van der Waals surface area contributed by atoms with Crippen molar-refractivity contribution < 1.29 is 27.8 Å². The highest BCUT2D eigenvalue weighted by atomic mass is 19.3. The molecular weight excluding hydrogens is 358 g/mol. The van der Waals surface area contributed by atoms with Crippen molar-refractivity contribution in [2.24, 2.45) is 0 Å². The fourth-order valence-electron chi connectivity index (χ4n) is 2.88. The second-order valence-electron chi connectivity index (χ2n) is 6.00. The predicted octanol–water partition coefficient (Wildman–Crippen LogP) is 4.17. The number of amides is 1. The molecule has 0 bridgehead atoms. The van der Waals surface area contributed by atoms with E-state index in [0.29, 0.717) is 35.8 Å². The van der Waals surface area contributed by atoms with Crippen molar-refractivity contribution in [2.75, 3.05) is 30.5 Å². The minimum Gasteiger partial charge on any atom is -0.495 e. The van der Waals surface area contributed by atoms with Crippen LogP contribution >= 0.6 is 0 Å². The monoisotopic (exact) mass is 378 g/mol. The van der Waals surface area contributed by atoms with E-state index in [2.05, 4.69) is 10.1 Å². The number of carbonyl (C=O) groups excluding carboxylic acids is 1. The molecule has 144 valence electrons. The van der Waals surface area contributed by atoms with Crippen molar-refractivity contribution in [3.63, 3.8) is 0 Å². The summed E-state index contributed by atoms with van der Waals surface area (Å²) < 4.78 is 40.1. The first-order valence-corrected chi connectivity index (χ1v) is 8.38. The minimum absolute atomic E-state index is 0.125. The molecule has 1 saturated heterocycles. The van der Waals surface area contributed by atoms with Gasteiger partial charge in [-0.3, -0.25) is 4.90 Å². The Morgan fingerprint density at radius 2 is 2.00 bits per heavy atom. The quantitative estimate of drug-likeness (QED) is 0.784. The van der Waals surface area contributed by atoms with Crippen LogP contribution in [0.3, 0.4) is 0 Å². The highest BCUT2D eigenvalue weighted by Gasteiger charge is 2.26. The molecule has 6 nitrogen and oxygen atoms in total. The smallest absolute Gasteiger partial charge is 0.414 e. The molecule has 8 heteroatoms. The van der Waals surface area contributed by atoms with Gasteiger partial charge in [0.05, 0.1) is 19.3 Å². The van der Waals surface area contributed by atoms with Gasteiger partial charge in [0.2, 0.25) is 0 Å². The summed E-state index contributed by atoms with van der Waals surface area (Å²) in [5.41, 5.74) is 2.82. The number of nitrogens with zero attached hydrogens (tertiary/aromatic N) is 1. The normalized spacial score (nSPS) is 13.7. The third kappa shape index (κ3) is 4.39. The number of hydrogen-bond acceptors (Lipinski definition) is 5. The zero-order chi connectivity index (χ0) is 19.4. The number of carbonyl (C=O) groups is 1. The number of nitrogens with one attached hydrogen (secondary N) is 1. The van der Waals surface area contributed by atoms with Gasteiger partial charge >= 0.3 is 12.7 Å². The van der Waals surface area contributed by atoms with Crippen LogP contribution in [0.4, 0.5) is 25.0 Å².